The highest BCUT2D eigenvalue weighted by Crippen LogP contribution is 2.24. The molecule has 1 aromatic rings. The number of alkyl halides is 3. The van der Waals surface area contributed by atoms with Crippen molar-refractivity contribution >= 4 is 17.5 Å². The summed E-state index contributed by atoms with van der Waals surface area (Å²) in [4.78, 5) is 28.1. The Balaban J connectivity index is 1.73. The van der Waals surface area contributed by atoms with Gasteiger partial charge in [0.2, 0.25) is 11.8 Å². The first-order valence-electron chi connectivity index (χ1n) is 9.28. The molecule has 6 nitrogen and oxygen atoms in total. The first kappa shape index (κ1) is 22.0. The van der Waals surface area contributed by atoms with Gasteiger partial charge in [0, 0.05) is 38.3 Å². The number of benzene rings is 1. The van der Waals surface area contributed by atoms with Crippen molar-refractivity contribution in [2.75, 3.05) is 38.0 Å². The molecule has 9 heteroatoms. The van der Waals surface area contributed by atoms with Crippen molar-refractivity contribution in [1.82, 2.24) is 9.80 Å². The summed E-state index contributed by atoms with van der Waals surface area (Å²) in [5.41, 5.74) is 0.391. The van der Waals surface area contributed by atoms with E-state index in [1.807, 2.05) is 9.80 Å². The van der Waals surface area contributed by atoms with E-state index in [4.69, 9.17) is 0 Å². The third-order valence-electron chi connectivity index (χ3n) is 4.40. The Hall–Kier alpha value is -2.29. The topological polar surface area (TPSA) is 61.9 Å². The number of carbonyl (C=O) groups is 2. The standard InChI is InChI=1S/C19H26F3N3O3/c1-14(2)3-8-18(27)25-11-9-24(10-12-25)13-17(26)23-15-4-6-16(7-5-15)28-19(20,21)22/h4-7,14H,3,8-13H2,1-2H3,(H,23,26). The number of rotatable bonds is 7. The summed E-state index contributed by atoms with van der Waals surface area (Å²) in [5.74, 6) is 0.0369. The van der Waals surface area contributed by atoms with Crippen molar-refractivity contribution in [3.63, 3.8) is 0 Å². The maximum absolute atomic E-state index is 12.1. The van der Waals surface area contributed by atoms with E-state index in [-0.39, 0.29) is 24.1 Å². The quantitative estimate of drug-likeness (QED) is 0.763. The summed E-state index contributed by atoms with van der Waals surface area (Å²) < 4.78 is 40.2. The molecule has 1 N–H and O–H groups in total. The van der Waals surface area contributed by atoms with Crippen molar-refractivity contribution in [3.05, 3.63) is 24.3 Å². The maximum atomic E-state index is 12.1. The van der Waals surface area contributed by atoms with E-state index >= 15 is 0 Å². The lowest BCUT2D eigenvalue weighted by molar-refractivity contribution is -0.274. The Morgan fingerprint density at radius 3 is 2.25 bits per heavy atom. The summed E-state index contributed by atoms with van der Waals surface area (Å²) in [7, 11) is 0. The van der Waals surface area contributed by atoms with Gasteiger partial charge in [0.1, 0.15) is 5.75 Å². The van der Waals surface area contributed by atoms with Gasteiger partial charge in [-0.3, -0.25) is 14.5 Å². The van der Waals surface area contributed by atoms with Crippen LogP contribution >= 0.6 is 0 Å². The molecule has 1 aromatic carbocycles. The van der Waals surface area contributed by atoms with E-state index in [9.17, 15) is 22.8 Å². The van der Waals surface area contributed by atoms with Gasteiger partial charge in [0.05, 0.1) is 6.54 Å². The van der Waals surface area contributed by atoms with Crippen molar-refractivity contribution < 1.29 is 27.5 Å². The van der Waals surface area contributed by atoms with Gasteiger partial charge in [-0.2, -0.15) is 0 Å². The van der Waals surface area contributed by atoms with Crippen LogP contribution in [0, 0.1) is 5.92 Å². The zero-order valence-electron chi connectivity index (χ0n) is 16.1. The van der Waals surface area contributed by atoms with Gasteiger partial charge < -0.3 is 15.0 Å². The number of piperazine rings is 1. The molecule has 1 fully saturated rings. The molecule has 2 amide bonds. The fourth-order valence-electron chi connectivity index (χ4n) is 2.87. The number of carbonyl (C=O) groups excluding carboxylic acids is 2. The third-order valence-corrected chi connectivity index (χ3v) is 4.40. The number of anilines is 1. The third kappa shape index (κ3) is 7.75. The van der Waals surface area contributed by atoms with Crippen LogP contribution in [0.25, 0.3) is 0 Å². The van der Waals surface area contributed by atoms with Gasteiger partial charge in [-0.15, -0.1) is 13.2 Å². The van der Waals surface area contributed by atoms with E-state index in [0.29, 0.717) is 44.2 Å². The Kier molecular flexibility index (Phi) is 7.68. The van der Waals surface area contributed by atoms with Crippen LogP contribution in [0.15, 0.2) is 24.3 Å². The Bertz CT molecular complexity index is 655. The number of nitrogens with one attached hydrogen (secondary N) is 1. The minimum Gasteiger partial charge on any atom is -0.406 e. The average molecular weight is 401 g/mol. The Labute approximate surface area is 162 Å². The smallest absolute Gasteiger partial charge is 0.406 e. The Morgan fingerprint density at radius 1 is 1.11 bits per heavy atom. The second-order valence-electron chi connectivity index (χ2n) is 7.21. The molecular formula is C19H26F3N3O3. The monoisotopic (exact) mass is 401 g/mol. The lowest BCUT2D eigenvalue weighted by Gasteiger charge is -2.34. The molecule has 1 heterocycles. The maximum Gasteiger partial charge on any atom is 0.573 e. The van der Waals surface area contributed by atoms with Crippen LogP contribution in [0.3, 0.4) is 0 Å². The molecule has 28 heavy (non-hydrogen) atoms. The van der Waals surface area contributed by atoms with Crippen LogP contribution in [-0.4, -0.2) is 60.7 Å². The van der Waals surface area contributed by atoms with Gasteiger partial charge in [0.25, 0.3) is 0 Å². The molecule has 0 radical (unpaired) electrons. The van der Waals surface area contributed by atoms with Gasteiger partial charge in [-0.05, 0) is 36.6 Å². The normalized spacial score (nSPS) is 15.6. The number of amides is 2. The van der Waals surface area contributed by atoms with E-state index in [1.165, 1.54) is 12.1 Å². The number of nitrogens with zero attached hydrogens (tertiary/aromatic N) is 2. The molecule has 0 aliphatic carbocycles. The molecule has 2 rings (SSSR count). The highest BCUT2D eigenvalue weighted by Gasteiger charge is 2.31. The van der Waals surface area contributed by atoms with Crippen molar-refractivity contribution in [3.8, 4) is 5.75 Å². The van der Waals surface area contributed by atoms with E-state index in [0.717, 1.165) is 18.6 Å². The molecule has 0 bridgehead atoms. The number of hydrogen-bond acceptors (Lipinski definition) is 4. The highest BCUT2D eigenvalue weighted by atomic mass is 19.4. The van der Waals surface area contributed by atoms with E-state index in [1.54, 1.807) is 0 Å². The zero-order chi connectivity index (χ0) is 20.7. The largest absolute Gasteiger partial charge is 0.573 e. The minimum atomic E-state index is -4.75. The van der Waals surface area contributed by atoms with Gasteiger partial charge in [-0.1, -0.05) is 13.8 Å². The molecule has 1 aliphatic heterocycles. The van der Waals surface area contributed by atoms with Crippen LogP contribution in [0.4, 0.5) is 18.9 Å². The van der Waals surface area contributed by atoms with Crippen LogP contribution in [0.5, 0.6) is 5.75 Å². The summed E-state index contributed by atoms with van der Waals surface area (Å²) in [6, 6.07) is 4.99. The molecule has 156 valence electrons. The molecule has 0 unspecified atom stereocenters. The van der Waals surface area contributed by atoms with Crippen LogP contribution in [-0.2, 0) is 9.59 Å². The molecule has 0 aromatic heterocycles. The highest BCUT2D eigenvalue weighted by molar-refractivity contribution is 5.92. The lowest BCUT2D eigenvalue weighted by atomic mass is 10.1. The van der Waals surface area contributed by atoms with Crippen LogP contribution in [0.2, 0.25) is 0 Å². The molecule has 1 saturated heterocycles. The Morgan fingerprint density at radius 2 is 1.71 bits per heavy atom. The molecule has 0 atom stereocenters. The van der Waals surface area contributed by atoms with Crippen molar-refractivity contribution in [1.29, 1.82) is 0 Å². The van der Waals surface area contributed by atoms with Gasteiger partial charge in [0.15, 0.2) is 0 Å². The van der Waals surface area contributed by atoms with E-state index < -0.39 is 6.36 Å². The fraction of sp³-hybridized carbons (Fsp3) is 0.579. The summed E-state index contributed by atoms with van der Waals surface area (Å²) in [5, 5.41) is 2.65. The zero-order valence-corrected chi connectivity index (χ0v) is 16.1. The fourth-order valence-corrected chi connectivity index (χ4v) is 2.87. The molecule has 0 saturated carbocycles. The van der Waals surface area contributed by atoms with Crippen molar-refractivity contribution in [2.45, 2.75) is 33.1 Å². The summed E-state index contributed by atoms with van der Waals surface area (Å²) in [6.45, 7) is 6.73. The SMILES string of the molecule is CC(C)CCC(=O)N1CCN(CC(=O)Nc2ccc(OC(F)(F)F)cc2)CC1. The minimum absolute atomic E-state index is 0.152. The lowest BCUT2D eigenvalue weighted by Crippen LogP contribution is -2.50. The van der Waals surface area contributed by atoms with Crippen molar-refractivity contribution in [2.24, 2.45) is 5.92 Å². The second-order valence-corrected chi connectivity index (χ2v) is 7.21. The average Bonchev–Trinajstić information content (AvgIpc) is 2.60. The van der Waals surface area contributed by atoms with Gasteiger partial charge in [-0.25, -0.2) is 0 Å². The second kappa shape index (κ2) is 9.77. The van der Waals surface area contributed by atoms with Gasteiger partial charge >= 0.3 is 6.36 Å². The first-order chi connectivity index (χ1) is 13.1. The predicted octanol–water partition coefficient (Wildman–Crippen LogP) is 3.10. The number of ether oxygens (including phenoxy) is 1. The number of hydrogen-bond donors (Lipinski definition) is 1. The summed E-state index contributed by atoms with van der Waals surface area (Å²) in [6.07, 6.45) is -3.33. The molecular weight excluding hydrogens is 375 g/mol. The molecule has 1 aliphatic rings. The van der Waals surface area contributed by atoms with E-state index in [2.05, 4.69) is 23.9 Å². The number of halogens is 3. The van der Waals surface area contributed by atoms with Crippen LogP contribution < -0.4 is 10.1 Å². The summed E-state index contributed by atoms with van der Waals surface area (Å²) >= 11 is 0. The first-order valence-corrected chi connectivity index (χ1v) is 9.28. The van der Waals surface area contributed by atoms with Crippen LogP contribution in [0.1, 0.15) is 26.7 Å². The molecule has 0 spiro atoms. The predicted molar refractivity (Wildman–Crippen MR) is 98.8 cm³/mol.